The van der Waals surface area contributed by atoms with Crippen molar-refractivity contribution in [2.24, 2.45) is 0 Å². The molecule has 0 aliphatic heterocycles. The summed E-state index contributed by atoms with van der Waals surface area (Å²) in [5, 5.41) is 8.46. The third-order valence-corrected chi connectivity index (χ3v) is 6.79. The molecule has 0 unspecified atom stereocenters. The first-order chi connectivity index (χ1) is 13.6. The monoisotopic (exact) mass is 438 g/mol. The number of carbonyl (C=O) groups is 2. The smallest absolute Gasteiger partial charge is 0.251 e. The van der Waals surface area contributed by atoms with E-state index in [0.717, 1.165) is 9.18 Å². The van der Waals surface area contributed by atoms with Crippen LogP contribution in [0.25, 0.3) is 0 Å². The maximum absolute atomic E-state index is 12.6. The molecule has 0 saturated carbocycles. The van der Waals surface area contributed by atoms with Gasteiger partial charge in [-0.25, -0.2) is 12.7 Å². The van der Waals surface area contributed by atoms with Gasteiger partial charge >= 0.3 is 0 Å². The standard InChI is InChI=1S/C19H26N4O4S2/c1-13-5-6-17(28-13)12-22-16-9-15(19(25)21-8-7-20-14(2)24)10-18(11-16)29(26,27)23(3)4/h5-6,9-11,22H,7-8,12H2,1-4H3,(H,20,24)(H,21,25). The van der Waals surface area contributed by atoms with Gasteiger partial charge in [0.2, 0.25) is 15.9 Å². The van der Waals surface area contributed by atoms with Crippen LogP contribution in [0, 0.1) is 6.92 Å². The average molecular weight is 439 g/mol. The highest BCUT2D eigenvalue weighted by Gasteiger charge is 2.20. The maximum atomic E-state index is 12.6. The lowest BCUT2D eigenvalue weighted by molar-refractivity contribution is -0.118. The molecule has 0 saturated heterocycles. The number of nitrogens with zero attached hydrogens (tertiary/aromatic N) is 1. The number of nitrogens with one attached hydrogen (secondary N) is 3. The first-order valence-electron chi connectivity index (χ1n) is 8.99. The van der Waals surface area contributed by atoms with E-state index < -0.39 is 15.9 Å². The van der Waals surface area contributed by atoms with E-state index in [2.05, 4.69) is 16.0 Å². The molecule has 1 aromatic heterocycles. The fraction of sp³-hybridized carbons (Fsp3) is 0.368. The molecule has 8 nitrogen and oxygen atoms in total. The van der Waals surface area contributed by atoms with Crippen LogP contribution < -0.4 is 16.0 Å². The second kappa shape index (κ2) is 9.86. The number of aryl methyl sites for hydroxylation is 1. The van der Waals surface area contributed by atoms with Gasteiger partial charge in [-0.1, -0.05) is 0 Å². The van der Waals surface area contributed by atoms with Crippen molar-refractivity contribution in [2.75, 3.05) is 32.5 Å². The number of benzene rings is 1. The van der Waals surface area contributed by atoms with Crippen molar-refractivity contribution in [3.8, 4) is 0 Å². The van der Waals surface area contributed by atoms with E-state index in [1.165, 1.54) is 38.0 Å². The second-order valence-electron chi connectivity index (χ2n) is 6.64. The van der Waals surface area contributed by atoms with Gasteiger partial charge in [-0.05, 0) is 37.3 Å². The molecule has 0 bridgehead atoms. The molecule has 2 aromatic rings. The molecule has 29 heavy (non-hydrogen) atoms. The van der Waals surface area contributed by atoms with Gasteiger partial charge in [0.25, 0.3) is 5.91 Å². The van der Waals surface area contributed by atoms with Crippen LogP contribution >= 0.6 is 11.3 Å². The molecule has 10 heteroatoms. The zero-order valence-corrected chi connectivity index (χ0v) is 18.5. The predicted molar refractivity (Wildman–Crippen MR) is 115 cm³/mol. The number of amides is 2. The molecule has 0 atom stereocenters. The van der Waals surface area contributed by atoms with E-state index in [0.29, 0.717) is 18.8 Å². The van der Waals surface area contributed by atoms with Gasteiger partial charge in [0.15, 0.2) is 0 Å². The fourth-order valence-corrected chi connectivity index (χ4v) is 4.28. The Morgan fingerprint density at radius 3 is 2.34 bits per heavy atom. The van der Waals surface area contributed by atoms with Crippen molar-refractivity contribution in [1.29, 1.82) is 0 Å². The van der Waals surface area contributed by atoms with Crippen LogP contribution in [0.3, 0.4) is 0 Å². The molecule has 158 valence electrons. The quantitative estimate of drug-likeness (QED) is 0.518. The van der Waals surface area contributed by atoms with Gasteiger partial charge in [0.05, 0.1) is 4.90 Å². The predicted octanol–water partition coefficient (Wildman–Crippen LogP) is 1.78. The Labute approximate surface area is 175 Å². The van der Waals surface area contributed by atoms with Crippen LogP contribution in [0.2, 0.25) is 0 Å². The highest BCUT2D eigenvalue weighted by molar-refractivity contribution is 7.89. The molecular formula is C19H26N4O4S2. The molecular weight excluding hydrogens is 412 g/mol. The summed E-state index contributed by atoms with van der Waals surface area (Å²) < 4.78 is 26.3. The van der Waals surface area contributed by atoms with Crippen molar-refractivity contribution in [3.63, 3.8) is 0 Å². The second-order valence-corrected chi connectivity index (χ2v) is 10.2. The summed E-state index contributed by atoms with van der Waals surface area (Å²) in [4.78, 5) is 25.7. The minimum Gasteiger partial charge on any atom is -0.380 e. The van der Waals surface area contributed by atoms with Gasteiger partial charge in [0, 0.05) is 61.7 Å². The number of anilines is 1. The molecule has 0 radical (unpaired) electrons. The van der Waals surface area contributed by atoms with Crippen LogP contribution in [-0.2, 0) is 21.4 Å². The normalized spacial score (nSPS) is 11.3. The van der Waals surface area contributed by atoms with Gasteiger partial charge in [-0.2, -0.15) is 0 Å². The Balaban J connectivity index is 2.24. The summed E-state index contributed by atoms with van der Waals surface area (Å²) in [5.41, 5.74) is 0.756. The van der Waals surface area contributed by atoms with Crippen LogP contribution in [-0.4, -0.2) is 51.7 Å². The minimum atomic E-state index is -3.71. The van der Waals surface area contributed by atoms with E-state index >= 15 is 0 Å². The molecule has 0 aliphatic rings. The van der Waals surface area contributed by atoms with Crippen LogP contribution in [0.4, 0.5) is 5.69 Å². The number of hydrogen-bond donors (Lipinski definition) is 3. The van der Waals surface area contributed by atoms with Crippen molar-refractivity contribution in [1.82, 2.24) is 14.9 Å². The third kappa shape index (κ3) is 6.55. The van der Waals surface area contributed by atoms with Gasteiger partial charge < -0.3 is 16.0 Å². The number of thiophene rings is 1. The topological polar surface area (TPSA) is 108 Å². The molecule has 0 aliphatic carbocycles. The maximum Gasteiger partial charge on any atom is 0.251 e. The lowest BCUT2D eigenvalue weighted by Crippen LogP contribution is -2.33. The molecule has 2 rings (SSSR count). The molecule has 3 N–H and O–H groups in total. The number of sulfonamides is 1. The Bertz CT molecular complexity index is 984. The van der Waals surface area contributed by atoms with Crippen LogP contribution in [0.1, 0.15) is 27.0 Å². The lowest BCUT2D eigenvalue weighted by Gasteiger charge is -2.15. The largest absolute Gasteiger partial charge is 0.380 e. The Morgan fingerprint density at radius 2 is 1.76 bits per heavy atom. The highest BCUT2D eigenvalue weighted by atomic mass is 32.2. The van der Waals surface area contributed by atoms with Crippen molar-refractivity contribution in [3.05, 3.63) is 45.6 Å². The summed E-state index contributed by atoms with van der Waals surface area (Å²) >= 11 is 1.65. The number of hydrogen-bond acceptors (Lipinski definition) is 6. The Hall–Kier alpha value is -2.43. The summed E-state index contributed by atoms with van der Waals surface area (Å²) in [6, 6.07) is 8.50. The summed E-state index contributed by atoms with van der Waals surface area (Å²) in [7, 11) is -0.829. The van der Waals surface area contributed by atoms with E-state index in [-0.39, 0.29) is 22.9 Å². The van der Waals surface area contributed by atoms with E-state index in [9.17, 15) is 18.0 Å². The van der Waals surface area contributed by atoms with E-state index in [4.69, 9.17) is 0 Å². The molecule has 1 aromatic carbocycles. The van der Waals surface area contributed by atoms with Crippen molar-refractivity contribution >= 4 is 38.9 Å². The Morgan fingerprint density at radius 1 is 1.07 bits per heavy atom. The summed E-state index contributed by atoms with van der Waals surface area (Å²) in [5.74, 6) is -0.602. The fourth-order valence-electron chi connectivity index (χ4n) is 2.48. The zero-order chi connectivity index (χ0) is 21.6. The summed E-state index contributed by atoms with van der Waals surface area (Å²) in [6.07, 6.45) is 0. The molecule has 0 fully saturated rings. The minimum absolute atomic E-state index is 0.0295. The number of carbonyl (C=O) groups excluding carboxylic acids is 2. The van der Waals surface area contributed by atoms with Gasteiger partial charge in [-0.15, -0.1) is 11.3 Å². The third-order valence-electron chi connectivity index (χ3n) is 3.99. The Kier molecular flexibility index (Phi) is 7.77. The molecule has 0 spiro atoms. The first-order valence-corrected chi connectivity index (χ1v) is 11.2. The summed E-state index contributed by atoms with van der Waals surface area (Å²) in [6.45, 7) is 4.46. The SMILES string of the molecule is CC(=O)NCCNC(=O)c1cc(NCc2ccc(C)s2)cc(S(=O)(=O)N(C)C)c1. The van der Waals surface area contributed by atoms with Crippen LogP contribution in [0.5, 0.6) is 0 Å². The van der Waals surface area contributed by atoms with Gasteiger partial charge in [0.1, 0.15) is 0 Å². The molecule has 2 amide bonds. The first kappa shape index (κ1) is 22.9. The van der Waals surface area contributed by atoms with E-state index in [1.54, 1.807) is 17.4 Å². The van der Waals surface area contributed by atoms with E-state index in [1.807, 2.05) is 19.1 Å². The van der Waals surface area contributed by atoms with Crippen molar-refractivity contribution < 1.29 is 18.0 Å². The van der Waals surface area contributed by atoms with Crippen LogP contribution in [0.15, 0.2) is 35.2 Å². The highest BCUT2D eigenvalue weighted by Crippen LogP contribution is 2.23. The van der Waals surface area contributed by atoms with Crippen molar-refractivity contribution in [2.45, 2.75) is 25.3 Å². The number of rotatable bonds is 9. The average Bonchev–Trinajstić information content (AvgIpc) is 3.08. The van der Waals surface area contributed by atoms with Gasteiger partial charge in [-0.3, -0.25) is 9.59 Å². The zero-order valence-electron chi connectivity index (χ0n) is 16.9. The lowest BCUT2D eigenvalue weighted by atomic mass is 10.2. The molecule has 1 heterocycles.